The quantitative estimate of drug-likeness (QED) is 0.743. The Labute approximate surface area is 92.9 Å². The molecule has 0 atom stereocenters. The highest BCUT2D eigenvalue weighted by atomic mass is 35.5. The van der Waals surface area contributed by atoms with Crippen LogP contribution in [-0.2, 0) is 7.05 Å². The molecular formula is C10H11ClN4. The van der Waals surface area contributed by atoms with E-state index in [9.17, 15) is 0 Å². The van der Waals surface area contributed by atoms with E-state index in [2.05, 4.69) is 15.3 Å². The van der Waals surface area contributed by atoms with E-state index in [1.807, 2.05) is 33.2 Å². The zero-order valence-corrected chi connectivity index (χ0v) is 9.58. The maximum absolute atomic E-state index is 5.88. The lowest BCUT2D eigenvalue weighted by Crippen LogP contribution is -1.97. The molecule has 0 aliphatic rings. The number of aryl methyl sites for hydroxylation is 1. The van der Waals surface area contributed by atoms with Crippen molar-refractivity contribution in [2.45, 2.75) is 13.8 Å². The molecule has 0 aromatic carbocycles. The van der Waals surface area contributed by atoms with Crippen LogP contribution < -0.4 is 0 Å². The lowest BCUT2D eigenvalue weighted by Gasteiger charge is -2.05. The number of hydrogen-bond acceptors (Lipinski definition) is 3. The standard InChI is InChI=1S/C10H11ClN4/c1-6-7(2)10(11)13-12-9(6)8-4-5-15(3)14-8/h4-5H,1-3H3. The zero-order chi connectivity index (χ0) is 11.0. The number of hydrogen-bond donors (Lipinski definition) is 0. The summed E-state index contributed by atoms with van der Waals surface area (Å²) in [6.45, 7) is 3.90. The summed E-state index contributed by atoms with van der Waals surface area (Å²) in [6.07, 6.45) is 1.88. The van der Waals surface area contributed by atoms with Crippen molar-refractivity contribution in [2.75, 3.05) is 0 Å². The third-order valence-electron chi connectivity index (χ3n) is 2.42. The Hall–Kier alpha value is -1.42. The molecule has 0 N–H and O–H groups in total. The van der Waals surface area contributed by atoms with Gasteiger partial charge in [0.25, 0.3) is 0 Å². The first-order valence-electron chi connectivity index (χ1n) is 4.59. The van der Waals surface area contributed by atoms with E-state index < -0.39 is 0 Å². The number of rotatable bonds is 1. The Morgan fingerprint density at radius 1 is 1.20 bits per heavy atom. The van der Waals surface area contributed by atoms with E-state index in [4.69, 9.17) is 11.6 Å². The van der Waals surface area contributed by atoms with Gasteiger partial charge in [-0.3, -0.25) is 4.68 Å². The Morgan fingerprint density at radius 3 is 2.53 bits per heavy atom. The van der Waals surface area contributed by atoms with Crippen LogP contribution in [0.2, 0.25) is 5.15 Å². The highest BCUT2D eigenvalue weighted by Crippen LogP contribution is 2.23. The largest absolute Gasteiger partial charge is 0.275 e. The van der Waals surface area contributed by atoms with Gasteiger partial charge in [0.05, 0.1) is 0 Å². The maximum Gasteiger partial charge on any atom is 0.154 e. The lowest BCUT2D eigenvalue weighted by molar-refractivity contribution is 0.768. The Kier molecular flexibility index (Phi) is 2.44. The topological polar surface area (TPSA) is 43.6 Å². The minimum atomic E-state index is 0.451. The molecule has 2 aromatic heterocycles. The highest BCUT2D eigenvalue weighted by molar-refractivity contribution is 6.30. The SMILES string of the molecule is Cc1c(Cl)nnc(-c2ccn(C)n2)c1C. The summed E-state index contributed by atoms with van der Waals surface area (Å²) in [4.78, 5) is 0. The van der Waals surface area contributed by atoms with E-state index in [0.717, 1.165) is 22.5 Å². The monoisotopic (exact) mass is 222 g/mol. The fourth-order valence-electron chi connectivity index (χ4n) is 1.36. The molecule has 0 saturated carbocycles. The molecule has 2 aromatic rings. The first kappa shape index (κ1) is 10.1. The smallest absolute Gasteiger partial charge is 0.154 e. The molecule has 4 nitrogen and oxygen atoms in total. The Morgan fingerprint density at radius 2 is 1.93 bits per heavy atom. The van der Waals surface area contributed by atoms with Gasteiger partial charge in [-0.2, -0.15) is 5.10 Å². The van der Waals surface area contributed by atoms with Crippen molar-refractivity contribution in [3.05, 3.63) is 28.5 Å². The van der Waals surface area contributed by atoms with Crippen molar-refractivity contribution in [1.82, 2.24) is 20.0 Å². The summed E-state index contributed by atoms with van der Waals surface area (Å²) in [5.41, 5.74) is 3.58. The van der Waals surface area contributed by atoms with Crippen molar-refractivity contribution in [2.24, 2.45) is 7.05 Å². The lowest BCUT2D eigenvalue weighted by atomic mass is 10.1. The molecule has 5 heteroatoms. The van der Waals surface area contributed by atoms with Gasteiger partial charge in [0.2, 0.25) is 0 Å². The van der Waals surface area contributed by atoms with Crippen LogP contribution >= 0.6 is 11.6 Å². The van der Waals surface area contributed by atoms with Gasteiger partial charge in [-0.05, 0) is 31.0 Å². The van der Waals surface area contributed by atoms with Gasteiger partial charge in [0.15, 0.2) is 5.15 Å². The summed E-state index contributed by atoms with van der Waals surface area (Å²) in [6, 6.07) is 1.91. The second-order valence-corrected chi connectivity index (χ2v) is 3.82. The van der Waals surface area contributed by atoms with E-state index in [1.54, 1.807) is 4.68 Å². The molecule has 0 unspecified atom stereocenters. The molecule has 2 heterocycles. The molecule has 78 valence electrons. The fraction of sp³-hybridized carbons (Fsp3) is 0.300. The molecule has 0 spiro atoms. The minimum Gasteiger partial charge on any atom is -0.275 e. The van der Waals surface area contributed by atoms with Gasteiger partial charge in [0.1, 0.15) is 11.4 Å². The predicted octanol–water partition coefficient (Wildman–Crippen LogP) is 2.15. The van der Waals surface area contributed by atoms with Gasteiger partial charge in [0, 0.05) is 13.2 Å². The van der Waals surface area contributed by atoms with Crippen LogP contribution in [0.15, 0.2) is 12.3 Å². The number of aromatic nitrogens is 4. The average molecular weight is 223 g/mol. The highest BCUT2D eigenvalue weighted by Gasteiger charge is 2.11. The second kappa shape index (κ2) is 3.62. The van der Waals surface area contributed by atoms with Gasteiger partial charge in [-0.25, -0.2) is 0 Å². The third kappa shape index (κ3) is 1.72. The zero-order valence-electron chi connectivity index (χ0n) is 8.82. The van der Waals surface area contributed by atoms with E-state index in [0.29, 0.717) is 5.15 Å². The van der Waals surface area contributed by atoms with Crippen LogP contribution in [-0.4, -0.2) is 20.0 Å². The van der Waals surface area contributed by atoms with E-state index in [1.165, 1.54) is 0 Å². The molecular weight excluding hydrogens is 212 g/mol. The molecule has 0 bridgehead atoms. The molecule has 2 rings (SSSR count). The van der Waals surface area contributed by atoms with Gasteiger partial charge in [-0.1, -0.05) is 11.6 Å². The second-order valence-electron chi connectivity index (χ2n) is 3.46. The summed E-state index contributed by atoms with van der Waals surface area (Å²) >= 11 is 5.88. The Balaban J connectivity index is 2.59. The first-order valence-corrected chi connectivity index (χ1v) is 4.97. The molecule has 0 saturated heterocycles. The van der Waals surface area contributed by atoms with Crippen molar-refractivity contribution in [3.63, 3.8) is 0 Å². The molecule has 0 amide bonds. The van der Waals surface area contributed by atoms with E-state index >= 15 is 0 Å². The van der Waals surface area contributed by atoms with Crippen LogP contribution in [0, 0.1) is 13.8 Å². The van der Waals surface area contributed by atoms with Gasteiger partial charge in [-0.15, -0.1) is 10.2 Å². The van der Waals surface area contributed by atoms with Crippen molar-refractivity contribution < 1.29 is 0 Å². The summed E-state index contributed by atoms with van der Waals surface area (Å²) < 4.78 is 1.74. The van der Waals surface area contributed by atoms with Crippen LogP contribution in [0.3, 0.4) is 0 Å². The first-order chi connectivity index (χ1) is 7.09. The predicted molar refractivity (Wildman–Crippen MR) is 58.7 cm³/mol. The number of nitrogens with zero attached hydrogens (tertiary/aromatic N) is 4. The summed E-state index contributed by atoms with van der Waals surface area (Å²) in [7, 11) is 1.87. The van der Waals surface area contributed by atoms with Crippen molar-refractivity contribution in [1.29, 1.82) is 0 Å². The minimum absolute atomic E-state index is 0.451. The number of halogens is 1. The van der Waals surface area contributed by atoms with Crippen molar-refractivity contribution >= 4 is 11.6 Å². The van der Waals surface area contributed by atoms with Crippen molar-refractivity contribution in [3.8, 4) is 11.4 Å². The summed E-state index contributed by atoms with van der Waals surface area (Å²) in [5.74, 6) is 0. The van der Waals surface area contributed by atoms with Crippen LogP contribution in [0.4, 0.5) is 0 Å². The molecule has 0 aliphatic heterocycles. The van der Waals surface area contributed by atoms with Crippen LogP contribution in [0.5, 0.6) is 0 Å². The maximum atomic E-state index is 5.88. The van der Waals surface area contributed by atoms with Gasteiger partial charge >= 0.3 is 0 Å². The molecule has 15 heavy (non-hydrogen) atoms. The molecule has 0 aliphatic carbocycles. The average Bonchev–Trinajstić information content (AvgIpc) is 2.61. The molecule has 0 radical (unpaired) electrons. The van der Waals surface area contributed by atoms with Crippen LogP contribution in [0.25, 0.3) is 11.4 Å². The van der Waals surface area contributed by atoms with Crippen LogP contribution in [0.1, 0.15) is 11.1 Å². The third-order valence-corrected chi connectivity index (χ3v) is 2.78. The van der Waals surface area contributed by atoms with Gasteiger partial charge < -0.3 is 0 Å². The fourth-order valence-corrected chi connectivity index (χ4v) is 1.54. The Bertz CT molecular complexity index is 504. The molecule has 0 fully saturated rings. The van der Waals surface area contributed by atoms with E-state index in [-0.39, 0.29) is 0 Å². The normalized spacial score (nSPS) is 10.7. The summed E-state index contributed by atoms with van der Waals surface area (Å²) in [5, 5.41) is 12.7.